The summed E-state index contributed by atoms with van der Waals surface area (Å²) in [5, 5.41) is 3.38. The van der Waals surface area contributed by atoms with E-state index in [0.29, 0.717) is 13.2 Å². The van der Waals surface area contributed by atoms with Crippen LogP contribution in [0.4, 0.5) is 0 Å². The maximum Gasteiger partial charge on any atom is 0.118 e. The van der Waals surface area contributed by atoms with Crippen LogP contribution in [0.25, 0.3) is 10.1 Å². The zero-order valence-electron chi connectivity index (χ0n) is 11.6. The Morgan fingerprint density at radius 3 is 2.62 bits per heavy atom. The SMILES string of the molecule is COc1ccc(COCc2cc(Br)cc3ccsc23)cc1. The van der Waals surface area contributed by atoms with Crippen LogP contribution < -0.4 is 4.74 Å². The molecule has 0 unspecified atom stereocenters. The van der Waals surface area contributed by atoms with Crippen molar-refractivity contribution in [2.45, 2.75) is 13.2 Å². The third-order valence-electron chi connectivity index (χ3n) is 3.28. The predicted molar refractivity (Wildman–Crippen MR) is 91.0 cm³/mol. The molecule has 0 aliphatic rings. The van der Waals surface area contributed by atoms with E-state index in [0.717, 1.165) is 15.8 Å². The third kappa shape index (κ3) is 3.46. The Hall–Kier alpha value is -1.36. The van der Waals surface area contributed by atoms with Gasteiger partial charge in [0, 0.05) is 9.17 Å². The molecule has 0 spiro atoms. The lowest BCUT2D eigenvalue weighted by molar-refractivity contribution is 0.108. The van der Waals surface area contributed by atoms with Gasteiger partial charge in [-0.25, -0.2) is 0 Å². The van der Waals surface area contributed by atoms with Gasteiger partial charge in [0.1, 0.15) is 5.75 Å². The molecule has 0 N–H and O–H groups in total. The van der Waals surface area contributed by atoms with Crippen molar-refractivity contribution in [1.29, 1.82) is 0 Å². The van der Waals surface area contributed by atoms with E-state index in [2.05, 4.69) is 39.5 Å². The first-order valence-electron chi connectivity index (χ1n) is 6.62. The smallest absolute Gasteiger partial charge is 0.118 e. The van der Waals surface area contributed by atoms with Crippen molar-refractivity contribution in [1.82, 2.24) is 0 Å². The Morgan fingerprint density at radius 1 is 1.05 bits per heavy atom. The molecule has 0 amide bonds. The van der Waals surface area contributed by atoms with Gasteiger partial charge in [0.2, 0.25) is 0 Å². The summed E-state index contributed by atoms with van der Waals surface area (Å²) < 4.78 is 13.4. The highest BCUT2D eigenvalue weighted by Crippen LogP contribution is 2.29. The molecule has 3 rings (SSSR count). The average molecular weight is 363 g/mol. The number of fused-ring (bicyclic) bond motifs is 1. The number of ether oxygens (including phenoxy) is 2. The van der Waals surface area contributed by atoms with E-state index in [1.165, 1.54) is 15.6 Å². The molecule has 21 heavy (non-hydrogen) atoms. The molecule has 0 saturated heterocycles. The lowest BCUT2D eigenvalue weighted by Gasteiger charge is -2.07. The van der Waals surface area contributed by atoms with Gasteiger partial charge in [-0.3, -0.25) is 0 Å². The highest BCUT2D eigenvalue weighted by atomic mass is 79.9. The van der Waals surface area contributed by atoms with Gasteiger partial charge in [-0.1, -0.05) is 28.1 Å². The van der Waals surface area contributed by atoms with Gasteiger partial charge in [0.15, 0.2) is 0 Å². The Balaban J connectivity index is 1.67. The van der Waals surface area contributed by atoms with Gasteiger partial charge >= 0.3 is 0 Å². The van der Waals surface area contributed by atoms with E-state index in [9.17, 15) is 0 Å². The molecule has 0 aliphatic carbocycles. The Morgan fingerprint density at radius 2 is 1.86 bits per heavy atom. The van der Waals surface area contributed by atoms with Crippen LogP contribution in [-0.4, -0.2) is 7.11 Å². The van der Waals surface area contributed by atoms with Gasteiger partial charge < -0.3 is 9.47 Å². The molecule has 4 heteroatoms. The molecule has 0 saturated carbocycles. The molecule has 0 radical (unpaired) electrons. The lowest BCUT2D eigenvalue weighted by Crippen LogP contribution is -1.95. The Bertz CT molecular complexity index is 734. The number of halogens is 1. The van der Waals surface area contributed by atoms with Gasteiger partial charge in [0.25, 0.3) is 0 Å². The Kier molecular flexibility index (Phi) is 4.58. The zero-order valence-corrected chi connectivity index (χ0v) is 14.0. The standard InChI is InChI=1S/C17H15BrO2S/c1-19-16-4-2-12(3-5-16)10-20-11-14-9-15(18)8-13-6-7-21-17(13)14/h2-9H,10-11H2,1H3. The third-order valence-corrected chi connectivity index (χ3v) is 4.74. The van der Waals surface area contributed by atoms with E-state index < -0.39 is 0 Å². The molecule has 0 atom stereocenters. The van der Waals surface area contributed by atoms with Crippen LogP contribution >= 0.6 is 27.3 Å². The zero-order chi connectivity index (χ0) is 14.7. The molecular weight excluding hydrogens is 348 g/mol. The van der Waals surface area contributed by atoms with Gasteiger partial charge in [-0.15, -0.1) is 11.3 Å². The number of benzene rings is 2. The number of hydrogen-bond donors (Lipinski definition) is 0. The summed E-state index contributed by atoms with van der Waals surface area (Å²) in [7, 11) is 1.67. The molecule has 1 heterocycles. The fourth-order valence-corrected chi connectivity index (χ4v) is 3.63. The minimum absolute atomic E-state index is 0.601. The highest BCUT2D eigenvalue weighted by Gasteiger charge is 2.05. The van der Waals surface area contributed by atoms with Crippen LogP contribution in [0.1, 0.15) is 11.1 Å². The molecule has 0 fully saturated rings. The van der Waals surface area contributed by atoms with E-state index in [-0.39, 0.29) is 0 Å². The highest BCUT2D eigenvalue weighted by molar-refractivity contribution is 9.10. The van der Waals surface area contributed by atoms with Crippen LogP contribution in [0.2, 0.25) is 0 Å². The fraction of sp³-hybridized carbons (Fsp3) is 0.176. The summed E-state index contributed by atoms with van der Waals surface area (Å²) in [5.41, 5.74) is 2.37. The van der Waals surface area contributed by atoms with E-state index in [1.54, 1.807) is 18.4 Å². The second-order valence-corrected chi connectivity index (χ2v) is 6.58. The number of hydrogen-bond acceptors (Lipinski definition) is 3. The number of rotatable bonds is 5. The summed E-state index contributed by atoms with van der Waals surface area (Å²) in [6, 6.07) is 14.4. The molecule has 3 aromatic rings. The van der Waals surface area contributed by atoms with Gasteiger partial charge in [0.05, 0.1) is 20.3 Å². The fourth-order valence-electron chi connectivity index (χ4n) is 2.22. The van der Waals surface area contributed by atoms with Crippen LogP contribution in [0, 0.1) is 0 Å². The van der Waals surface area contributed by atoms with Crippen molar-refractivity contribution in [3.05, 3.63) is 63.4 Å². The molecule has 2 aromatic carbocycles. The normalized spacial score (nSPS) is 11.0. The summed E-state index contributed by atoms with van der Waals surface area (Å²) >= 11 is 5.31. The van der Waals surface area contributed by atoms with E-state index in [1.807, 2.05) is 24.3 Å². The topological polar surface area (TPSA) is 18.5 Å². The maximum absolute atomic E-state index is 5.86. The minimum atomic E-state index is 0.601. The molecule has 108 valence electrons. The van der Waals surface area contributed by atoms with Crippen LogP contribution in [0.5, 0.6) is 5.75 Å². The quantitative estimate of drug-likeness (QED) is 0.605. The van der Waals surface area contributed by atoms with Crippen molar-refractivity contribution in [3.63, 3.8) is 0 Å². The second kappa shape index (κ2) is 6.60. The maximum atomic E-state index is 5.86. The van der Waals surface area contributed by atoms with Crippen molar-refractivity contribution >= 4 is 37.4 Å². The van der Waals surface area contributed by atoms with E-state index in [4.69, 9.17) is 9.47 Å². The second-order valence-electron chi connectivity index (χ2n) is 4.74. The van der Waals surface area contributed by atoms with Crippen molar-refractivity contribution < 1.29 is 9.47 Å². The summed E-state index contributed by atoms with van der Waals surface area (Å²) in [4.78, 5) is 0. The Labute approximate surface area is 136 Å². The summed E-state index contributed by atoms with van der Waals surface area (Å²) in [5.74, 6) is 0.867. The lowest BCUT2D eigenvalue weighted by atomic mass is 10.2. The molecule has 0 bridgehead atoms. The first-order chi connectivity index (χ1) is 10.3. The van der Waals surface area contributed by atoms with E-state index >= 15 is 0 Å². The van der Waals surface area contributed by atoms with Crippen molar-refractivity contribution in [2.75, 3.05) is 7.11 Å². The first kappa shape index (κ1) is 14.6. The number of methoxy groups -OCH3 is 1. The van der Waals surface area contributed by atoms with Crippen LogP contribution in [0.3, 0.4) is 0 Å². The first-order valence-corrected chi connectivity index (χ1v) is 8.30. The minimum Gasteiger partial charge on any atom is -0.497 e. The summed E-state index contributed by atoms with van der Waals surface area (Å²) in [6.45, 7) is 1.21. The monoisotopic (exact) mass is 362 g/mol. The van der Waals surface area contributed by atoms with Gasteiger partial charge in [-0.05, 0) is 52.2 Å². The molecular formula is C17H15BrO2S. The van der Waals surface area contributed by atoms with Crippen LogP contribution in [0.15, 0.2) is 52.3 Å². The van der Waals surface area contributed by atoms with Crippen molar-refractivity contribution in [3.8, 4) is 5.75 Å². The van der Waals surface area contributed by atoms with Gasteiger partial charge in [-0.2, -0.15) is 0 Å². The largest absolute Gasteiger partial charge is 0.497 e. The average Bonchev–Trinajstić information content (AvgIpc) is 2.96. The van der Waals surface area contributed by atoms with Crippen molar-refractivity contribution in [2.24, 2.45) is 0 Å². The predicted octanol–water partition coefficient (Wildman–Crippen LogP) is 5.39. The molecule has 2 nitrogen and oxygen atoms in total. The molecule has 1 aromatic heterocycles. The van der Waals surface area contributed by atoms with Crippen LogP contribution in [-0.2, 0) is 18.0 Å². The molecule has 0 aliphatic heterocycles. The summed E-state index contributed by atoms with van der Waals surface area (Å²) in [6.07, 6.45) is 0. The number of thiophene rings is 1.